The summed E-state index contributed by atoms with van der Waals surface area (Å²) in [5.74, 6) is -0.500. The molecule has 1 fully saturated rings. The van der Waals surface area contributed by atoms with Crippen molar-refractivity contribution in [2.24, 2.45) is 0 Å². The van der Waals surface area contributed by atoms with E-state index in [1.54, 1.807) is 36.1 Å². The van der Waals surface area contributed by atoms with Crippen molar-refractivity contribution in [2.45, 2.75) is 51.1 Å². The monoisotopic (exact) mass is 578 g/mol. The second-order valence-electron chi connectivity index (χ2n) is 9.97. The molecule has 6 nitrogen and oxygen atoms in total. The van der Waals surface area contributed by atoms with E-state index in [2.05, 4.69) is 10.00 Å². The molecule has 0 spiro atoms. The summed E-state index contributed by atoms with van der Waals surface area (Å²) >= 11 is 7.78. The van der Waals surface area contributed by atoms with Gasteiger partial charge in [-0.25, -0.2) is 0 Å². The zero-order chi connectivity index (χ0) is 27.7. The van der Waals surface area contributed by atoms with Crippen LogP contribution in [0.15, 0.2) is 48.7 Å². The molecule has 2 aromatic heterocycles. The van der Waals surface area contributed by atoms with Crippen molar-refractivity contribution in [2.75, 3.05) is 26.2 Å². The molecule has 0 bridgehead atoms. The summed E-state index contributed by atoms with van der Waals surface area (Å²) in [5, 5.41) is 13.5. The summed E-state index contributed by atoms with van der Waals surface area (Å²) in [6, 6.07) is 8.91. The lowest BCUT2D eigenvalue weighted by molar-refractivity contribution is -0.141. The third-order valence-electron chi connectivity index (χ3n) is 7.40. The van der Waals surface area contributed by atoms with Gasteiger partial charge in [-0.2, -0.15) is 18.3 Å². The number of aromatic nitrogens is 2. The Morgan fingerprint density at radius 2 is 1.95 bits per heavy atom. The minimum atomic E-state index is -4.61. The summed E-state index contributed by atoms with van der Waals surface area (Å²) < 4.78 is 43.8. The molecule has 1 atom stereocenters. The standard InChI is InChI=1S/C28H30ClF3N4O2S/c1-2-36-16-23(27(33-36)28(30,31)32)20-7-4-3-6-19(20)22-15-35(17-24-21(22)14-25(29)39-24)26(38)8-5-11-34-12-9-18(37)10-13-34/h3-8,14,16,18,22,37H,2,9-13,15,17H2,1H3/b8-5+/t22-/m0/s1. The molecule has 2 aliphatic rings. The van der Waals surface area contributed by atoms with Gasteiger partial charge in [-0.3, -0.25) is 14.4 Å². The topological polar surface area (TPSA) is 61.6 Å². The molecule has 1 saturated heterocycles. The number of nitrogens with zero attached hydrogens (tertiary/aromatic N) is 4. The number of hydrogen-bond donors (Lipinski definition) is 1. The van der Waals surface area contributed by atoms with Gasteiger partial charge in [0.25, 0.3) is 0 Å². The van der Waals surface area contributed by atoms with E-state index in [1.807, 2.05) is 18.2 Å². The predicted molar refractivity (Wildman–Crippen MR) is 146 cm³/mol. The lowest BCUT2D eigenvalue weighted by atomic mass is 9.84. The maximum Gasteiger partial charge on any atom is 0.435 e. The van der Waals surface area contributed by atoms with Crippen LogP contribution in [0.5, 0.6) is 0 Å². The summed E-state index contributed by atoms with van der Waals surface area (Å²) in [5.41, 5.74) is 1.19. The third-order valence-corrected chi connectivity index (χ3v) is 8.66. The number of aryl methyl sites for hydroxylation is 1. The summed E-state index contributed by atoms with van der Waals surface area (Å²) in [4.78, 5) is 18.1. The van der Waals surface area contributed by atoms with Crippen molar-refractivity contribution in [3.63, 3.8) is 0 Å². The quantitative estimate of drug-likeness (QED) is 0.376. The second-order valence-corrected chi connectivity index (χ2v) is 11.7. The van der Waals surface area contributed by atoms with Gasteiger partial charge in [0.2, 0.25) is 5.91 Å². The van der Waals surface area contributed by atoms with Crippen molar-refractivity contribution in [1.29, 1.82) is 0 Å². The number of likely N-dealkylation sites (tertiary alicyclic amines) is 1. The van der Waals surface area contributed by atoms with Gasteiger partial charge in [0.15, 0.2) is 5.69 Å². The van der Waals surface area contributed by atoms with E-state index in [0.717, 1.165) is 36.4 Å². The number of carbonyl (C=O) groups excluding carboxylic acids is 1. The first-order chi connectivity index (χ1) is 18.6. The van der Waals surface area contributed by atoms with Gasteiger partial charge >= 0.3 is 6.18 Å². The molecule has 11 heteroatoms. The molecule has 5 rings (SSSR count). The Balaban J connectivity index is 1.45. The van der Waals surface area contributed by atoms with Gasteiger partial charge < -0.3 is 10.0 Å². The smallest absolute Gasteiger partial charge is 0.393 e. The van der Waals surface area contributed by atoms with E-state index in [9.17, 15) is 23.1 Å². The number of aliphatic hydroxyl groups excluding tert-OH is 1. The zero-order valence-electron chi connectivity index (χ0n) is 21.5. The Morgan fingerprint density at radius 3 is 2.67 bits per heavy atom. The van der Waals surface area contributed by atoms with E-state index in [4.69, 9.17) is 11.6 Å². The maximum atomic E-state index is 14.0. The number of fused-ring (bicyclic) bond motifs is 1. The average Bonchev–Trinajstić information content (AvgIpc) is 3.52. The Kier molecular flexibility index (Phi) is 8.19. The van der Waals surface area contributed by atoms with E-state index in [1.165, 1.54) is 22.2 Å². The number of hydrogen-bond acceptors (Lipinski definition) is 5. The van der Waals surface area contributed by atoms with Crippen LogP contribution in [-0.4, -0.2) is 62.9 Å². The summed E-state index contributed by atoms with van der Waals surface area (Å²) in [6.07, 6.45) is 1.45. The van der Waals surface area contributed by atoms with Gasteiger partial charge in [-0.1, -0.05) is 41.9 Å². The fraction of sp³-hybridized carbons (Fsp3) is 0.429. The molecule has 4 heterocycles. The van der Waals surface area contributed by atoms with Gasteiger partial charge in [0.05, 0.1) is 17.0 Å². The lowest BCUT2D eigenvalue weighted by Crippen LogP contribution is -2.38. The Bertz CT molecular complexity index is 1360. The maximum absolute atomic E-state index is 14.0. The highest BCUT2D eigenvalue weighted by atomic mass is 35.5. The van der Waals surface area contributed by atoms with E-state index in [0.29, 0.717) is 41.6 Å². The van der Waals surface area contributed by atoms with E-state index >= 15 is 0 Å². The molecule has 1 aromatic carbocycles. The normalized spacial score (nSPS) is 19.1. The molecule has 1 N–H and O–H groups in total. The number of halogens is 4. The van der Waals surface area contributed by atoms with Crippen molar-refractivity contribution < 1.29 is 23.1 Å². The van der Waals surface area contributed by atoms with Gasteiger partial charge in [-0.05, 0) is 42.5 Å². The van der Waals surface area contributed by atoms with Crippen LogP contribution >= 0.6 is 22.9 Å². The number of thiophene rings is 1. The van der Waals surface area contributed by atoms with Crippen molar-refractivity contribution in [1.82, 2.24) is 19.6 Å². The fourth-order valence-corrected chi connectivity index (χ4v) is 6.72. The molecule has 39 heavy (non-hydrogen) atoms. The van der Waals surface area contributed by atoms with Crippen LogP contribution in [0.4, 0.5) is 13.2 Å². The van der Waals surface area contributed by atoms with Crippen molar-refractivity contribution in [3.8, 4) is 11.1 Å². The number of carbonyl (C=O) groups is 1. The molecule has 2 aliphatic heterocycles. The molecule has 0 unspecified atom stereocenters. The SMILES string of the molecule is CCn1cc(-c2ccccc2[C@@H]2CN(C(=O)/C=C/CN3CCC(O)CC3)Cc3sc(Cl)cc32)c(C(F)(F)F)n1. The van der Waals surface area contributed by atoms with Crippen molar-refractivity contribution in [3.05, 3.63) is 74.7 Å². The van der Waals surface area contributed by atoms with Crippen LogP contribution in [0, 0.1) is 0 Å². The molecule has 208 valence electrons. The summed E-state index contributed by atoms with van der Waals surface area (Å²) in [6.45, 7) is 4.96. The highest BCUT2D eigenvalue weighted by Gasteiger charge is 2.39. The number of piperidine rings is 1. The molecule has 3 aromatic rings. The number of alkyl halides is 3. The highest BCUT2D eigenvalue weighted by Crippen LogP contribution is 2.45. The summed E-state index contributed by atoms with van der Waals surface area (Å²) in [7, 11) is 0. The highest BCUT2D eigenvalue weighted by molar-refractivity contribution is 7.16. The average molecular weight is 579 g/mol. The van der Waals surface area contributed by atoms with Crippen LogP contribution in [0.25, 0.3) is 11.1 Å². The number of rotatable bonds is 6. The van der Waals surface area contributed by atoms with E-state index < -0.39 is 11.9 Å². The van der Waals surface area contributed by atoms with Crippen LogP contribution in [-0.2, 0) is 24.1 Å². The predicted octanol–water partition coefficient (Wildman–Crippen LogP) is 5.79. The van der Waals surface area contributed by atoms with Crippen molar-refractivity contribution >= 4 is 28.8 Å². The molecule has 0 saturated carbocycles. The third kappa shape index (κ3) is 6.09. The molecular formula is C28H30ClF3N4O2S. The first kappa shape index (κ1) is 27.9. The molecule has 0 radical (unpaired) electrons. The van der Waals surface area contributed by atoms with Crippen LogP contribution in [0.1, 0.15) is 47.4 Å². The van der Waals surface area contributed by atoms with Crippen LogP contribution < -0.4 is 0 Å². The van der Waals surface area contributed by atoms with Crippen LogP contribution in [0.2, 0.25) is 4.34 Å². The first-order valence-corrected chi connectivity index (χ1v) is 14.2. The number of benzene rings is 1. The minimum absolute atomic E-state index is 0.0258. The number of aliphatic hydroxyl groups is 1. The minimum Gasteiger partial charge on any atom is -0.393 e. The molecule has 1 amide bonds. The Labute approximate surface area is 234 Å². The molecular weight excluding hydrogens is 549 g/mol. The van der Waals surface area contributed by atoms with Crippen LogP contribution in [0.3, 0.4) is 0 Å². The lowest BCUT2D eigenvalue weighted by Gasteiger charge is -2.33. The first-order valence-electron chi connectivity index (χ1n) is 13.0. The Morgan fingerprint density at radius 1 is 1.21 bits per heavy atom. The fourth-order valence-electron chi connectivity index (χ4n) is 5.36. The second kappa shape index (κ2) is 11.4. The van der Waals surface area contributed by atoms with Gasteiger partial charge in [0.1, 0.15) is 0 Å². The Hall–Kier alpha value is -2.66. The van der Waals surface area contributed by atoms with Gasteiger partial charge in [0, 0.05) is 61.4 Å². The van der Waals surface area contributed by atoms with Gasteiger partial charge in [-0.15, -0.1) is 11.3 Å². The number of amides is 1. The molecule has 0 aliphatic carbocycles. The zero-order valence-corrected chi connectivity index (χ0v) is 23.1. The van der Waals surface area contributed by atoms with E-state index in [-0.39, 0.29) is 23.5 Å². The largest absolute Gasteiger partial charge is 0.435 e.